The van der Waals surface area contributed by atoms with Crippen LogP contribution in [0.15, 0.2) is 48.5 Å². The van der Waals surface area contributed by atoms with Crippen LogP contribution < -0.4 is 9.62 Å². The lowest BCUT2D eigenvalue weighted by atomic mass is 10.1. The van der Waals surface area contributed by atoms with Crippen LogP contribution in [0.3, 0.4) is 0 Å². The summed E-state index contributed by atoms with van der Waals surface area (Å²) in [6, 6.07) is 14.1. The lowest BCUT2D eigenvalue weighted by Crippen LogP contribution is -2.53. The van der Waals surface area contributed by atoms with Gasteiger partial charge < -0.3 is 10.2 Å². The smallest absolute Gasteiger partial charge is 0.244 e. The molecule has 0 unspecified atom stereocenters. The van der Waals surface area contributed by atoms with Gasteiger partial charge in [-0.05, 0) is 55.9 Å². The summed E-state index contributed by atoms with van der Waals surface area (Å²) in [5.74, 6) is -0.653. The van der Waals surface area contributed by atoms with Gasteiger partial charge in [-0.1, -0.05) is 63.2 Å². The van der Waals surface area contributed by atoms with Crippen LogP contribution in [-0.4, -0.2) is 50.0 Å². The van der Waals surface area contributed by atoms with Gasteiger partial charge >= 0.3 is 0 Å². The van der Waals surface area contributed by atoms with Gasteiger partial charge in [-0.2, -0.15) is 0 Å². The third-order valence-corrected chi connectivity index (χ3v) is 7.44. The van der Waals surface area contributed by atoms with Crippen LogP contribution in [0, 0.1) is 6.92 Å². The number of nitrogens with zero attached hydrogens (tertiary/aromatic N) is 2. The minimum atomic E-state index is -3.75. The van der Waals surface area contributed by atoms with Crippen LogP contribution in [0.2, 0.25) is 0 Å². The topological polar surface area (TPSA) is 86.8 Å². The third kappa shape index (κ3) is 7.56. The zero-order valence-electron chi connectivity index (χ0n) is 21.7. The monoisotopic (exact) mass is 501 g/mol. The van der Waals surface area contributed by atoms with Gasteiger partial charge in [0.2, 0.25) is 21.8 Å². The second-order valence-corrected chi connectivity index (χ2v) is 10.8. The van der Waals surface area contributed by atoms with Crippen LogP contribution in [0.4, 0.5) is 5.69 Å². The summed E-state index contributed by atoms with van der Waals surface area (Å²) < 4.78 is 26.8. The highest BCUT2D eigenvalue weighted by Gasteiger charge is 2.32. The molecule has 2 aromatic carbocycles. The minimum absolute atomic E-state index is 0.0316. The Morgan fingerprint density at radius 3 is 2.09 bits per heavy atom. The molecule has 0 bridgehead atoms. The van der Waals surface area contributed by atoms with Gasteiger partial charge in [0.05, 0.1) is 11.9 Å². The number of hydrogen-bond donors (Lipinski definition) is 1. The Labute approximate surface area is 210 Å². The Bertz CT molecular complexity index is 1120. The van der Waals surface area contributed by atoms with Crippen LogP contribution in [0.25, 0.3) is 0 Å². The number of amides is 2. The molecular weight excluding hydrogens is 462 g/mol. The van der Waals surface area contributed by atoms with E-state index in [-0.39, 0.29) is 25.0 Å². The second-order valence-electron chi connectivity index (χ2n) is 8.94. The number of anilines is 1. The minimum Gasteiger partial charge on any atom is -0.352 e. The zero-order valence-corrected chi connectivity index (χ0v) is 22.6. The molecule has 0 spiro atoms. The number of carbonyl (C=O) groups excluding carboxylic acids is 2. The molecule has 0 fully saturated rings. The number of aryl methyl sites for hydroxylation is 2. The first-order chi connectivity index (χ1) is 16.5. The average molecular weight is 502 g/mol. The molecule has 2 aromatic rings. The van der Waals surface area contributed by atoms with Crippen molar-refractivity contribution in [1.82, 2.24) is 10.2 Å². The molecule has 0 radical (unpaired) electrons. The van der Waals surface area contributed by atoms with E-state index in [4.69, 9.17) is 0 Å². The van der Waals surface area contributed by atoms with Gasteiger partial charge in [0.1, 0.15) is 12.6 Å². The molecule has 2 rings (SSSR count). The number of para-hydroxylation sites is 1. The predicted molar refractivity (Wildman–Crippen MR) is 142 cm³/mol. The first-order valence-electron chi connectivity index (χ1n) is 12.2. The SMILES string of the molecule is CCc1ccccc1N(CC(=O)N(Cc1ccccc1C)[C@H](CC)C(=O)N[C@H](C)CC)S(C)(=O)=O. The van der Waals surface area contributed by atoms with Crippen LogP contribution in [0.5, 0.6) is 0 Å². The van der Waals surface area contributed by atoms with E-state index in [1.54, 1.807) is 12.1 Å². The summed E-state index contributed by atoms with van der Waals surface area (Å²) in [6.07, 6.45) is 2.90. The Kier molecular flexibility index (Phi) is 10.3. The van der Waals surface area contributed by atoms with Crippen LogP contribution in [-0.2, 0) is 32.6 Å². The number of carbonyl (C=O) groups is 2. The summed E-state index contributed by atoms with van der Waals surface area (Å²) in [5, 5.41) is 2.99. The molecule has 2 amide bonds. The van der Waals surface area contributed by atoms with Crippen LogP contribution in [0.1, 0.15) is 57.2 Å². The summed E-state index contributed by atoms with van der Waals surface area (Å²) in [5.41, 5.74) is 3.23. The van der Waals surface area contributed by atoms with E-state index in [0.29, 0.717) is 18.5 Å². The van der Waals surface area contributed by atoms with E-state index in [0.717, 1.165) is 33.7 Å². The average Bonchev–Trinajstić information content (AvgIpc) is 2.82. The maximum Gasteiger partial charge on any atom is 0.244 e. The van der Waals surface area contributed by atoms with Crippen molar-refractivity contribution in [2.45, 2.75) is 72.5 Å². The van der Waals surface area contributed by atoms with Crippen molar-refractivity contribution in [1.29, 1.82) is 0 Å². The normalized spacial score (nSPS) is 13.1. The standard InChI is InChI=1S/C27H39N3O4S/c1-7-21(5)28-27(32)24(9-3)29(18-23-16-11-10-14-20(23)4)26(31)19-30(35(6,33)34)25-17-13-12-15-22(25)8-2/h10-17,21,24H,7-9,18-19H2,1-6H3,(H,28,32)/t21-,24-/m1/s1. The van der Waals surface area contributed by atoms with Crippen LogP contribution >= 0.6 is 0 Å². The van der Waals surface area contributed by atoms with Gasteiger partial charge in [-0.25, -0.2) is 8.42 Å². The van der Waals surface area contributed by atoms with E-state index in [1.165, 1.54) is 4.90 Å². The maximum absolute atomic E-state index is 13.8. The van der Waals surface area contributed by atoms with Gasteiger partial charge in [-0.3, -0.25) is 13.9 Å². The fraction of sp³-hybridized carbons (Fsp3) is 0.481. The molecule has 0 aliphatic carbocycles. The van der Waals surface area contributed by atoms with Gasteiger partial charge in [-0.15, -0.1) is 0 Å². The Morgan fingerprint density at radius 1 is 0.943 bits per heavy atom. The van der Waals surface area contributed by atoms with Crippen molar-refractivity contribution in [3.05, 3.63) is 65.2 Å². The lowest BCUT2D eigenvalue weighted by Gasteiger charge is -2.34. The molecule has 192 valence electrons. The van der Waals surface area contributed by atoms with E-state index >= 15 is 0 Å². The highest BCUT2D eigenvalue weighted by atomic mass is 32.2. The Hall–Kier alpha value is -2.87. The molecule has 8 heteroatoms. The molecule has 0 aliphatic heterocycles. The number of benzene rings is 2. The summed E-state index contributed by atoms with van der Waals surface area (Å²) in [7, 11) is -3.75. The van der Waals surface area contributed by atoms with Gasteiger partial charge in [0.15, 0.2) is 0 Å². The van der Waals surface area contributed by atoms with Crippen molar-refractivity contribution in [2.24, 2.45) is 0 Å². The molecular formula is C27H39N3O4S. The summed E-state index contributed by atoms with van der Waals surface area (Å²) >= 11 is 0. The highest BCUT2D eigenvalue weighted by molar-refractivity contribution is 7.92. The van der Waals surface area contributed by atoms with E-state index in [1.807, 2.05) is 71.0 Å². The Balaban J connectivity index is 2.49. The van der Waals surface area contributed by atoms with Crippen molar-refractivity contribution >= 4 is 27.5 Å². The molecule has 35 heavy (non-hydrogen) atoms. The number of sulfonamides is 1. The number of rotatable bonds is 12. The van der Waals surface area contributed by atoms with Gasteiger partial charge in [0, 0.05) is 12.6 Å². The second kappa shape index (κ2) is 12.7. The first kappa shape index (κ1) is 28.4. The third-order valence-electron chi connectivity index (χ3n) is 6.31. The highest BCUT2D eigenvalue weighted by Crippen LogP contribution is 2.24. The largest absolute Gasteiger partial charge is 0.352 e. The number of nitrogens with one attached hydrogen (secondary N) is 1. The quantitative estimate of drug-likeness (QED) is 0.475. The zero-order chi connectivity index (χ0) is 26.2. The summed E-state index contributed by atoms with van der Waals surface area (Å²) in [4.78, 5) is 28.5. The Morgan fingerprint density at radius 2 is 1.54 bits per heavy atom. The van der Waals surface area contributed by atoms with Crippen molar-refractivity contribution < 1.29 is 18.0 Å². The molecule has 0 saturated heterocycles. The lowest BCUT2D eigenvalue weighted by molar-refractivity contribution is -0.140. The summed E-state index contributed by atoms with van der Waals surface area (Å²) in [6.45, 7) is 9.50. The molecule has 1 N–H and O–H groups in total. The fourth-order valence-electron chi connectivity index (χ4n) is 3.98. The molecule has 0 aliphatic rings. The van der Waals surface area contributed by atoms with E-state index in [9.17, 15) is 18.0 Å². The molecule has 0 aromatic heterocycles. The fourth-order valence-corrected chi connectivity index (χ4v) is 4.86. The van der Waals surface area contributed by atoms with Crippen molar-refractivity contribution in [3.8, 4) is 0 Å². The molecule has 2 atom stereocenters. The molecule has 0 saturated carbocycles. The van der Waals surface area contributed by atoms with E-state index < -0.39 is 22.0 Å². The van der Waals surface area contributed by atoms with E-state index in [2.05, 4.69) is 5.32 Å². The predicted octanol–water partition coefficient (Wildman–Crippen LogP) is 4.05. The van der Waals surface area contributed by atoms with Gasteiger partial charge in [0.25, 0.3) is 0 Å². The maximum atomic E-state index is 13.8. The van der Waals surface area contributed by atoms with Crippen molar-refractivity contribution in [3.63, 3.8) is 0 Å². The molecule has 0 heterocycles. The first-order valence-corrected chi connectivity index (χ1v) is 14.1. The molecule has 7 nitrogen and oxygen atoms in total. The van der Waals surface area contributed by atoms with Crippen molar-refractivity contribution in [2.75, 3.05) is 17.1 Å². The number of hydrogen-bond acceptors (Lipinski definition) is 4.